The van der Waals surface area contributed by atoms with Gasteiger partial charge in [-0.15, -0.1) is 0 Å². The first kappa shape index (κ1) is 26.2. The molecule has 12 heteroatoms. The number of rotatable bonds is 4. The van der Waals surface area contributed by atoms with Gasteiger partial charge in [-0.2, -0.15) is 0 Å². The van der Waals surface area contributed by atoms with E-state index in [9.17, 15) is 14.0 Å². The molecule has 0 saturated carbocycles. The fraction of sp³-hybridized carbons (Fsp3) is 0.462. The number of amides is 2. The second-order valence-corrected chi connectivity index (χ2v) is 10.5. The van der Waals surface area contributed by atoms with Gasteiger partial charge in [0.2, 0.25) is 5.91 Å². The molecule has 1 unspecified atom stereocenters. The number of nitrogens with zero attached hydrogens (tertiary/aromatic N) is 5. The molecule has 2 amide bonds. The minimum atomic E-state index is -0.661. The zero-order valence-electron chi connectivity index (χ0n) is 21.5. The van der Waals surface area contributed by atoms with Crippen molar-refractivity contribution in [3.8, 4) is 17.1 Å². The highest BCUT2D eigenvalue weighted by Crippen LogP contribution is 2.46. The van der Waals surface area contributed by atoms with Crippen molar-refractivity contribution >= 4 is 35.1 Å². The SMILES string of the molecule is C=CC(=O)N1CCN2C(=O)c3c(N4CCC(OC)C4(C)C)nc(-c4nc(N)ccc4F)c(Cl)c3OC[C@H]2C1. The standard InChI is InChI=1S/C26H30ClFN6O4/c1-5-18(35)32-10-11-33-14(12-32)13-38-23-19(25(33)36)24(34-9-8-16(37-4)26(34,2)3)31-22(20(23)27)21-15(28)6-7-17(29)30-21/h5-7,14,16H,1,8-13H2,2-4H3,(H2,29,30)/t14-,16?/m1/s1. The van der Waals surface area contributed by atoms with Crippen LogP contribution in [0.25, 0.3) is 11.4 Å². The molecule has 0 bridgehead atoms. The molecule has 5 rings (SSSR count). The van der Waals surface area contributed by atoms with Gasteiger partial charge in [-0.1, -0.05) is 18.2 Å². The Kier molecular flexibility index (Phi) is 6.68. The monoisotopic (exact) mass is 544 g/mol. The van der Waals surface area contributed by atoms with Gasteiger partial charge >= 0.3 is 0 Å². The highest BCUT2D eigenvalue weighted by atomic mass is 35.5. The molecule has 2 N–H and O–H groups in total. The van der Waals surface area contributed by atoms with Crippen LogP contribution in [0.3, 0.4) is 0 Å². The van der Waals surface area contributed by atoms with Crippen molar-refractivity contribution in [2.75, 3.05) is 50.5 Å². The second kappa shape index (κ2) is 9.70. The summed E-state index contributed by atoms with van der Waals surface area (Å²) in [5.74, 6) is -0.685. The number of carbonyl (C=O) groups excluding carboxylic acids is 2. The number of aromatic nitrogens is 2. The summed E-state index contributed by atoms with van der Waals surface area (Å²) in [7, 11) is 1.64. The number of fused-ring (bicyclic) bond motifs is 2. The average molecular weight is 545 g/mol. The molecule has 2 saturated heterocycles. The number of methoxy groups -OCH3 is 1. The van der Waals surface area contributed by atoms with E-state index in [-0.39, 0.29) is 64.6 Å². The van der Waals surface area contributed by atoms with Gasteiger partial charge in [0, 0.05) is 33.3 Å². The molecule has 0 spiro atoms. The number of ether oxygens (including phenoxy) is 2. The quantitative estimate of drug-likeness (QED) is 0.584. The van der Waals surface area contributed by atoms with Gasteiger partial charge in [-0.3, -0.25) is 9.59 Å². The normalized spacial score (nSPS) is 22.4. The van der Waals surface area contributed by atoms with Crippen molar-refractivity contribution in [1.29, 1.82) is 0 Å². The topological polar surface area (TPSA) is 114 Å². The molecule has 3 aliphatic rings. The number of hydrogen-bond acceptors (Lipinski definition) is 8. The summed E-state index contributed by atoms with van der Waals surface area (Å²) in [6, 6.07) is 2.12. The fourth-order valence-corrected chi connectivity index (χ4v) is 5.88. The summed E-state index contributed by atoms with van der Waals surface area (Å²) in [4.78, 5) is 40.6. The highest BCUT2D eigenvalue weighted by molar-refractivity contribution is 6.35. The van der Waals surface area contributed by atoms with Crippen molar-refractivity contribution in [2.24, 2.45) is 0 Å². The first-order chi connectivity index (χ1) is 18.1. The van der Waals surface area contributed by atoms with E-state index in [0.717, 1.165) is 0 Å². The maximum absolute atomic E-state index is 15.0. The Morgan fingerprint density at radius 2 is 2.05 bits per heavy atom. The van der Waals surface area contributed by atoms with Crippen molar-refractivity contribution in [1.82, 2.24) is 19.8 Å². The first-order valence-electron chi connectivity index (χ1n) is 12.4. The zero-order valence-corrected chi connectivity index (χ0v) is 22.3. The van der Waals surface area contributed by atoms with Crippen molar-refractivity contribution in [3.63, 3.8) is 0 Å². The Hall–Kier alpha value is -3.44. The van der Waals surface area contributed by atoms with Crippen LogP contribution in [-0.2, 0) is 9.53 Å². The van der Waals surface area contributed by atoms with Crippen molar-refractivity contribution in [2.45, 2.75) is 38.0 Å². The predicted molar refractivity (Wildman–Crippen MR) is 141 cm³/mol. The molecule has 202 valence electrons. The van der Waals surface area contributed by atoms with Gasteiger partial charge in [0.15, 0.2) is 11.6 Å². The van der Waals surface area contributed by atoms with Crippen LogP contribution < -0.4 is 15.4 Å². The Labute approximate surface area is 225 Å². The van der Waals surface area contributed by atoms with Crippen molar-refractivity contribution in [3.05, 3.63) is 41.2 Å². The molecular weight excluding hydrogens is 515 g/mol. The molecule has 5 heterocycles. The van der Waals surface area contributed by atoms with E-state index < -0.39 is 17.4 Å². The summed E-state index contributed by atoms with van der Waals surface area (Å²) >= 11 is 6.80. The molecule has 0 aliphatic carbocycles. The van der Waals surface area contributed by atoms with Gasteiger partial charge in [-0.05, 0) is 38.5 Å². The fourth-order valence-electron chi connectivity index (χ4n) is 5.60. The summed E-state index contributed by atoms with van der Waals surface area (Å²) in [5.41, 5.74) is 5.39. The van der Waals surface area contributed by atoms with Crippen LogP contribution in [0.5, 0.6) is 5.75 Å². The second-order valence-electron chi connectivity index (χ2n) is 10.1. The van der Waals surface area contributed by atoms with Gasteiger partial charge in [0.05, 0.1) is 17.7 Å². The Bertz CT molecular complexity index is 1320. The number of halogens is 2. The third-order valence-electron chi connectivity index (χ3n) is 7.67. The molecule has 0 aromatic carbocycles. The zero-order chi connectivity index (χ0) is 27.4. The number of anilines is 2. The van der Waals surface area contributed by atoms with E-state index in [0.29, 0.717) is 31.9 Å². The van der Waals surface area contributed by atoms with Crippen LogP contribution in [-0.4, -0.2) is 89.2 Å². The van der Waals surface area contributed by atoms with Gasteiger partial charge < -0.3 is 29.9 Å². The van der Waals surface area contributed by atoms with Gasteiger partial charge in [0.1, 0.15) is 40.2 Å². The smallest absolute Gasteiger partial charge is 0.261 e. The average Bonchev–Trinajstić information content (AvgIpc) is 3.12. The molecule has 10 nitrogen and oxygen atoms in total. The third kappa shape index (κ3) is 4.14. The molecule has 2 fully saturated rings. The van der Waals surface area contributed by atoms with E-state index in [1.807, 2.05) is 18.7 Å². The summed E-state index contributed by atoms with van der Waals surface area (Å²) < 4.78 is 26.9. The van der Waals surface area contributed by atoms with Crippen LogP contribution in [0.15, 0.2) is 24.8 Å². The van der Waals surface area contributed by atoms with E-state index >= 15 is 0 Å². The number of pyridine rings is 2. The lowest BCUT2D eigenvalue weighted by Gasteiger charge is -2.40. The number of piperazine rings is 1. The Balaban J connectivity index is 1.69. The number of nitrogens with two attached hydrogens (primary N) is 1. The lowest BCUT2D eigenvalue weighted by atomic mass is 9.97. The Morgan fingerprint density at radius 1 is 1.29 bits per heavy atom. The minimum absolute atomic E-state index is 0.0259. The highest BCUT2D eigenvalue weighted by Gasteiger charge is 2.47. The number of carbonyl (C=O) groups is 2. The van der Waals surface area contributed by atoms with Gasteiger partial charge in [0.25, 0.3) is 5.91 Å². The molecule has 3 aliphatic heterocycles. The van der Waals surface area contributed by atoms with Gasteiger partial charge in [-0.25, -0.2) is 14.4 Å². The van der Waals surface area contributed by atoms with E-state index in [4.69, 9.17) is 31.8 Å². The molecule has 38 heavy (non-hydrogen) atoms. The lowest BCUT2D eigenvalue weighted by Crippen LogP contribution is -2.57. The maximum Gasteiger partial charge on any atom is 0.261 e. The third-order valence-corrected chi connectivity index (χ3v) is 8.02. The number of hydrogen-bond donors (Lipinski definition) is 1. The number of nitrogen functional groups attached to an aromatic ring is 1. The summed E-state index contributed by atoms with van der Waals surface area (Å²) in [5, 5.41) is -0.0340. The summed E-state index contributed by atoms with van der Waals surface area (Å²) in [6.07, 6.45) is 1.82. The molecule has 2 aromatic heterocycles. The van der Waals surface area contributed by atoms with Crippen LogP contribution in [0, 0.1) is 5.82 Å². The van der Waals surface area contributed by atoms with Crippen LogP contribution >= 0.6 is 11.6 Å². The lowest BCUT2D eigenvalue weighted by molar-refractivity contribution is -0.128. The Morgan fingerprint density at radius 3 is 2.74 bits per heavy atom. The van der Waals surface area contributed by atoms with E-state index in [1.165, 1.54) is 18.2 Å². The summed E-state index contributed by atoms with van der Waals surface area (Å²) in [6.45, 7) is 9.13. The van der Waals surface area contributed by atoms with E-state index in [1.54, 1.807) is 16.9 Å². The molecular formula is C26H30ClFN6O4. The molecule has 0 radical (unpaired) electrons. The molecule has 2 atom stereocenters. The van der Waals surface area contributed by atoms with Crippen LogP contribution in [0.4, 0.5) is 16.0 Å². The first-order valence-corrected chi connectivity index (χ1v) is 12.8. The largest absolute Gasteiger partial charge is 0.489 e. The predicted octanol–water partition coefficient (Wildman–Crippen LogP) is 2.75. The van der Waals surface area contributed by atoms with Crippen LogP contribution in [0.1, 0.15) is 30.6 Å². The van der Waals surface area contributed by atoms with Crippen LogP contribution in [0.2, 0.25) is 5.02 Å². The molecule has 2 aromatic rings. The van der Waals surface area contributed by atoms with Crippen molar-refractivity contribution < 1.29 is 23.5 Å². The maximum atomic E-state index is 15.0. The van der Waals surface area contributed by atoms with E-state index in [2.05, 4.69) is 11.6 Å². The minimum Gasteiger partial charge on any atom is -0.489 e.